The Kier molecular flexibility index (Phi) is 47.2. The maximum Gasteiger partial charge on any atom is 0.220 e. The topological polar surface area (TPSA) is 149 Å². The third kappa shape index (κ3) is 40.2. The van der Waals surface area contributed by atoms with E-state index in [1.165, 1.54) is 128 Å². The Bertz CT molecular complexity index is 1430. The smallest absolute Gasteiger partial charge is 0.220 e. The third-order valence-electron chi connectivity index (χ3n) is 13.1. The maximum atomic E-state index is 13.0. The summed E-state index contributed by atoms with van der Waals surface area (Å²) in [6.45, 7) is 3.62. The zero-order chi connectivity index (χ0) is 51.5. The summed E-state index contributed by atoms with van der Waals surface area (Å²) in [5.74, 6) is -0.193. The molecule has 0 aromatic carbocycles. The fourth-order valence-corrected chi connectivity index (χ4v) is 8.57. The number of unbranched alkanes of at least 4 members (excludes halogenated alkanes) is 24. The normalized spacial score (nSPS) is 20.0. The van der Waals surface area contributed by atoms with E-state index in [9.17, 15) is 30.3 Å². The lowest BCUT2D eigenvalue weighted by Gasteiger charge is -2.40. The van der Waals surface area contributed by atoms with Crippen LogP contribution in [0, 0.1) is 0 Å². The van der Waals surface area contributed by atoms with Crippen molar-refractivity contribution in [2.24, 2.45) is 0 Å². The fourth-order valence-electron chi connectivity index (χ4n) is 8.57. The average molecular weight is 995 g/mol. The van der Waals surface area contributed by atoms with Crippen molar-refractivity contribution >= 4 is 5.91 Å². The van der Waals surface area contributed by atoms with E-state index in [1.54, 1.807) is 6.08 Å². The number of hydrogen-bond donors (Lipinski definition) is 6. The Morgan fingerprint density at radius 1 is 0.493 bits per heavy atom. The number of nitrogens with one attached hydrogen (secondary N) is 1. The van der Waals surface area contributed by atoms with Crippen molar-refractivity contribution in [1.82, 2.24) is 5.32 Å². The van der Waals surface area contributed by atoms with Gasteiger partial charge in [0.25, 0.3) is 0 Å². The van der Waals surface area contributed by atoms with Crippen molar-refractivity contribution in [3.8, 4) is 0 Å². The van der Waals surface area contributed by atoms with Gasteiger partial charge in [0.2, 0.25) is 5.91 Å². The van der Waals surface area contributed by atoms with Crippen LogP contribution >= 0.6 is 0 Å². The highest BCUT2D eigenvalue weighted by molar-refractivity contribution is 5.76. The molecule has 1 fully saturated rings. The molecule has 0 aliphatic carbocycles. The Morgan fingerprint density at radius 2 is 0.887 bits per heavy atom. The van der Waals surface area contributed by atoms with Crippen LogP contribution in [0.15, 0.2) is 97.2 Å². The molecule has 1 aliphatic rings. The van der Waals surface area contributed by atoms with E-state index < -0.39 is 49.5 Å². The number of allylic oxidation sites excluding steroid dienone is 15. The molecule has 1 amide bonds. The van der Waals surface area contributed by atoms with Crippen LogP contribution in [0.4, 0.5) is 0 Å². The van der Waals surface area contributed by atoms with E-state index in [2.05, 4.69) is 104 Å². The number of ether oxygens (including phenoxy) is 2. The molecule has 6 N–H and O–H groups in total. The van der Waals surface area contributed by atoms with E-state index in [0.717, 1.165) is 83.5 Å². The van der Waals surface area contributed by atoms with Crippen LogP contribution in [0.5, 0.6) is 0 Å². The molecule has 7 unspecified atom stereocenters. The summed E-state index contributed by atoms with van der Waals surface area (Å²) in [5, 5.41) is 54.4. The number of aliphatic hydroxyl groups is 5. The second kappa shape index (κ2) is 50.6. The van der Waals surface area contributed by atoms with Gasteiger partial charge in [-0.3, -0.25) is 4.79 Å². The predicted molar refractivity (Wildman–Crippen MR) is 299 cm³/mol. The standard InChI is InChI=1S/C62H107NO8/c1-3-5-7-9-11-13-15-17-19-20-21-22-23-24-25-26-27-28-29-30-31-32-33-34-35-36-38-40-42-44-46-48-50-52-58(66)63-55(54-70-62-61(69)60(68)59(67)57(53-64)71-62)56(65)51-49-47-45-43-41-39-37-18-16-14-12-10-8-6-4-2/h5,7,11,13,16-19,21-22,24-25,41,43,49,51,55-57,59-62,64-65,67-69H,3-4,6,8-10,12,14-15,20,23,26-40,42,44-48,50,52-54H2,1-2H3,(H,63,66)/b7-5-,13-11-,18-16+,19-17-,22-21-,25-24-,43-41+,51-49+. The number of rotatable bonds is 48. The lowest BCUT2D eigenvalue weighted by Crippen LogP contribution is -2.60. The molecule has 1 heterocycles. The van der Waals surface area contributed by atoms with Gasteiger partial charge in [-0.25, -0.2) is 0 Å². The van der Waals surface area contributed by atoms with Gasteiger partial charge in [-0.15, -0.1) is 0 Å². The second-order valence-corrected chi connectivity index (χ2v) is 19.7. The second-order valence-electron chi connectivity index (χ2n) is 19.7. The van der Waals surface area contributed by atoms with Crippen LogP contribution in [-0.2, 0) is 14.3 Å². The molecule has 71 heavy (non-hydrogen) atoms. The predicted octanol–water partition coefficient (Wildman–Crippen LogP) is 14.4. The van der Waals surface area contributed by atoms with Crippen molar-refractivity contribution in [1.29, 1.82) is 0 Å². The van der Waals surface area contributed by atoms with E-state index in [1.807, 2.05) is 6.08 Å². The molecule has 0 radical (unpaired) electrons. The van der Waals surface area contributed by atoms with Crippen LogP contribution in [0.25, 0.3) is 0 Å². The zero-order valence-corrected chi connectivity index (χ0v) is 45.2. The molecule has 0 spiro atoms. The van der Waals surface area contributed by atoms with Crippen LogP contribution < -0.4 is 5.32 Å². The number of amides is 1. The summed E-state index contributed by atoms with van der Waals surface area (Å²) >= 11 is 0. The molecular formula is C62H107NO8. The highest BCUT2D eigenvalue weighted by Crippen LogP contribution is 2.23. The minimum Gasteiger partial charge on any atom is -0.394 e. The summed E-state index contributed by atoms with van der Waals surface area (Å²) in [6, 6.07) is -0.832. The molecule has 7 atom stereocenters. The first-order chi connectivity index (χ1) is 34.8. The molecule has 0 aromatic heterocycles. The van der Waals surface area contributed by atoms with Crippen molar-refractivity contribution in [3.63, 3.8) is 0 Å². The van der Waals surface area contributed by atoms with E-state index in [-0.39, 0.29) is 12.5 Å². The Hall–Kier alpha value is -2.89. The van der Waals surface area contributed by atoms with Gasteiger partial charge >= 0.3 is 0 Å². The summed E-state index contributed by atoms with van der Waals surface area (Å²) in [6.07, 6.45) is 66.2. The Morgan fingerprint density at radius 3 is 1.35 bits per heavy atom. The quantitative estimate of drug-likeness (QED) is 0.0261. The maximum absolute atomic E-state index is 13.0. The van der Waals surface area contributed by atoms with Crippen molar-refractivity contribution in [3.05, 3.63) is 97.2 Å². The minimum absolute atomic E-state index is 0.193. The van der Waals surface area contributed by atoms with Crippen molar-refractivity contribution < 1.29 is 39.8 Å². The van der Waals surface area contributed by atoms with Gasteiger partial charge in [0.1, 0.15) is 24.4 Å². The summed E-state index contributed by atoms with van der Waals surface area (Å²) in [5.41, 5.74) is 0. The van der Waals surface area contributed by atoms with Gasteiger partial charge in [0, 0.05) is 6.42 Å². The van der Waals surface area contributed by atoms with E-state index in [0.29, 0.717) is 6.42 Å². The molecule has 0 aromatic rings. The Balaban J connectivity index is 2.17. The molecule has 0 saturated carbocycles. The molecule has 9 nitrogen and oxygen atoms in total. The number of carbonyl (C=O) groups is 1. The molecule has 1 aliphatic heterocycles. The van der Waals surface area contributed by atoms with Gasteiger partial charge in [-0.2, -0.15) is 0 Å². The van der Waals surface area contributed by atoms with E-state index >= 15 is 0 Å². The van der Waals surface area contributed by atoms with Crippen LogP contribution in [0.1, 0.15) is 232 Å². The third-order valence-corrected chi connectivity index (χ3v) is 13.1. The van der Waals surface area contributed by atoms with E-state index in [4.69, 9.17) is 9.47 Å². The molecule has 1 saturated heterocycles. The highest BCUT2D eigenvalue weighted by atomic mass is 16.7. The number of aliphatic hydroxyl groups excluding tert-OH is 5. The summed E-state index contributed by atoms with van der Waals surface area (Å²) in [7, 11) is 0. The first kappa shape index (κ1) is 66.1. The molecule has 0 bridgehead atoms. The lowest BCUT2D eigenvalue weighted by molar-refractivity contribution is -0.302. The SMILES string of the molecule is CC/C=C\C/C=C\C/C=C\C/C=C\C/C=C\CCCCCCCCCCCCCCCCCCCC(=O)NC(COC1OC(CO)C(O)C(O)C1O)C(O)/C=C/CC/C=C/CC/C=C/CCCCCCC. The fraction of sp³-hybridized carbons (Fsp3) is 0.726. The molecule has 9 heteroatoms. The van der Waals surface area contributed by atoms with Gasteiger partial charge in [-0.05, 0) is 89.9 Å². The lowest BCUT2D eigenvalue weighted by atomic mass is 9.99. The van der Waals surface area contributed by atoms with Crippen molar-refractivity contribution in [2.45, 2.75) is 275 Å². The van der Waals surface area contributed by atoms with Crippen molar-refractivity contribution in [2.75, 3.05) is 13.2 Å². The van der Waals surface area contributed by atoms with Crippen LogP contribution in [-0.4, -0.2) is 87.5 Å². The Labute approximate surface area is 434 Å². The van der Waals surface area contributed by atoms with Crippen LogP contribution in [0.3, 0.4) is 0 Å². The van der Waals surface area contributed by atoms with Gasteiger partial charge in [-0.1, -0.05) is 233 Å². The molecule has 408 valence electrons. The largest absolute Gasteiger partial charge is 0.394 e. The van der Waals surface area contributed by atoms with Gasteiger partial charge < -0.3 is 40.3 Å². The number of carbonyl (C=O) groups excluding carboxylic acids is 1. The summed E-state index contributed by atoms with van der Waals surface area (Å²) < 4.78 is 11.2. The monoisotopic (exact) mass is 994 g/mol. The zero-order valence-electron chi connectivity index (χ0n) is 45.2. The molecular weight excluding hydrogens is 887 g/mol. The highest BCUT2D eigenvalue weighted by Gasteiger charge is 2.44. The number of hydrogen-bond acceptors (Lipinski definition) is 8. The first-order valence-electron chi connectivity index (χ1n) is 29.0. The molecule has 1 rings (SSSR count). The summed E-state index contributed by atoms with van der Waals surface area (Å²) in [4.78, 5) is 13.0. The van der Waals surface area contributed by atoms with Crippen LogP contribution in [0.2, 0.25) is 0 Å². The minimum atomic E-state index is -1.58. The van der Waals surface area contributed by atoms with Gasteiger partial charge in [0.05, 0.1) is 25.4 Å². The first-order valence-corrected chi connectivity index (χ1v) is 29.0. The average Bonchev–Trinajstić information content (AvgIpc) is 3.37. The van der Waals surface area contributed by atoms with Gasteiger partial charge in [0.15, 0.2) is 6.29 Å².